The normalized spacial score (nSPS) is 10.2. The molecule has 5 nitrogen and oxygen atoms in total. The van der Waals surface area contributed by atoms with Crippen LogP contribution in [-0.4, -0.2) is 23.3 Å². The monoisotopic (exact) mass is 203 g/mol. The first-order chi connectivity index (χ1) is 7.24. The SMILES string of the molecule is CNc1nc2ccc(C=O)cc2c(=O)[nH]1. The van der Waals surface area contributed by atoms with Crippen LogP contribution in [-0.2, 0) is 0 Å². The van der Waals surface area contributed by atoms with Crippen molar-refractivity contribution in [1.29, 1.82) is 0 Å². The summed E-state index contributed by atoms with van der Waals surface area (Å²) in [5.41, 5.74) is 0.772. The second-order valence-corrected chi connectivity index (χ2v) is 3.06. The van der Waals surface area contributed by atoms with Crippen molar-refractivity contribution in [2.45, 2.75) is 0 Å². The second kappa shape index (κ2) is 3.53. The predicted molar refractivity (Wildman–Crippen MR) is 57.3 cm³/mol. The minimum atomic E-state index is -0.256. The molecule has 0 bridgehead atoms. The molecule has 0 aliphatic carbocycles. The number of aldehydes is 1. The van der Waals surface area contributed by atoms with Crippen LogP contribution < -0.4 is 10.9 Å². The quantitative estimate of drug-likeness (QED) is 0.707. The summed E-state index contributed by atoms with van der Waals surface area (Å²) < 4.78 is 0. The predicted octanol–water partition coefficient (Wildman–Crippen LogP) is 0.777. The minimum Gasteiger partial charge on any atom is -0.359 e. The van der Waals surface area contributed by atoms with Crippen molar-refractivity contribution in [2.75, 3.05) is 12.4 Å². The first-order valence-electron chi connectivity index (χ1n) is 4.41. The summed E-state index contributed by atoms with van der Waals surface area (Å²) in [6.45, 7) is 0. The van der Waals surface area contributed by atoms with Crippen molar-refractivity contribution in [1.82, 2.24) is 9.97 Å². The van der Waals surface area contributed by atoms with Gasteiger partial charge in [0, 0.05) is 12.6 Å². The molecule has 1 aromatic carbocycles. The molecule has 0 fully saturated rings. The molecule has 2 aromatic rings. The van der Waals surface area contributed by atoms with E-state index in [0.29, 0.717) is 28.7 Å². The van der Waals surface area contributed by atoms with E-state index in [0.717, 1.165) is 0 Å². The van der Waals surface area contributed by atoms with Crippen molar-refractivity contribution in [3.8, 4) is 0 Å². The number of nitrogens with zero attached hydrogens (tertiary/aromatic N) is 1. The fraction of sp³-hybridized carbons (Fsp3) is 0.100. The zero-order valence-electron chi connectivity index (χ0n) is 8.07. The zero-order valence-corrected chi connectivity index (χ0v) is 8.07. The Kier molecular flexibility index (Phi) is 2.21. The Morgan fingerprint density at radius 3 is 2.93 bits per heavy atom. The fourth-order valence-electron chi connectivity index (χ4n) is 1.35. The largest absolute Gasteiger partial charge is 0.359 e. The number of carbonyl (C=O) groups excluding carboxylic acids is 1. The Balaban J connectivity index is 2.79. The molecule has 0 spiro atoms. The topological polar surface area (TPSA) is 74.8 Å². The summed E-state index contributed by atoms with van der Waals surface area (Å²) in [5.74, 6) is 0.409. The molecule has 2 rings (SSSR count). The molecule has 0 radical (unpaired) electrons. The van der Waals surface area contributed by atoms with Crippen molar-refractivity contribution in [3.05, 3.63) is 34.1 Å². The zero-order chi connectivity index (χ0) is 10.8. The highest BCUT2D eigenvalue weighted by atomic mass is 16.1. The van der Waals surface area contributed by atoms with Crippen molar-refractivity contribution in [2.24, 2.45) is 0 Å². The van der Waals surface area contributed by atoms with Gasteiger partial charge < -0.3 is 5.32 Å². The lowest BCUT2D eigenvalue weighted by Gasteiger charge is -2.01. The summed E-state index contributed by atoms with van der Waals surface area (Å²) in [5, 5.41) is 3.17. The molecule has 76 valence electrons. The molecular formula is C10H9N3O2. The molecule has 1 aromatic heterocycles. The molecule has 0 saturated carbocycles. The van der Waals surface area contributed by atoms with Gasteiger partial charge in [-0.05, 0) is 18.2 Å². The Bertz CT molecular complexity index is 574. The number of H-pyrrole nitrogens is 1. The molecular weight excluding hydrogens is 194 g/mol. The van der Waals surface area contributed by atoms with Crippen molar-refractivity contribution < 1.29 is 4.79 Å². The maximum absolute atomic E-state index is 11.6. The molecule has 0 aliphatic rings. The van der Waals surface area contributed by atoms with Crippen molar-refractivity contribution >= 4 is 23.1 Å². The number of carbonyl (C=O) groups is 1. The van der Waals surface area contributed by atoms with E-state index >= 15 is 0 Å². The summed E-state index contributed by atoms with van der Waals surface area (Å²) in [4.78, 5) is 28.8. The molecule has 0 saturated heterocycles. The van der Waals surface area contributed by atoms with Crippen LogP contribution >= 0.6 is 0 Å². The van der Waals surface area contributed by atoms with Gasteiger partial charge >= 0.3 is 0 Å². The van der Waals surface area contributed by atoms with Crippen LogP contribution in [0.2, 0.25) is 0 Å². The van der Waals surface area contributed by atoms with Crippen LogP contribution in [0.15, 0.2) is 23.0 Å². The van der Waals surface area contributed by atoms with Gasteiger partial charge in [0.25, 0.3) is 5.56 Å². The second-order valence-electron chi connectivity index (χ2n) is 3.06. The van der Waals surface area contributed by atoms with Crippen LogP contribution in [0.3, 0.4) is 0 Å². The Morgan fingerprint density at radius 2 is 2.27 bits per heavy atom. The van der Waals surface area contributed by atoms with Crippen LogP contribution in [0.4, 0.5) is 5.95 Å². The highest BCUT2D eigenvalue weighted by Crippen LogP contribution is 2.10. The van der Waals surface area contributed by atoms with E-state index in [1.54, 1.807) is 19.2 Å². The smallest absolute Gasteiger partial charge is 0.260 e. The van der Waals surface area contributed by atoms with E-state index < -0.39 is 0 Å². The van der Waals surface area contributed by atoms with Gasteiger partial charge in [-0.2, -0.15) is 0 Å². The minimum absolute atomic E-state index is 0.256. The molecule has 0 aliphatic heterocycles. The number of fused-ring (bicyclic) bond motifs is 1. The third-order valence-corrected chi connectivity index (χ3v) is 2.10. The van der Waals surface area contributed by atoms with Gasteiger partial charge in [-0.1, -0.05) is 0 Å². The maximum Gasteiger partial charge on any atom is 0.260 e. The van der Waals surface area contributed by atoms with E-state index in [4.69, 9.17) is 0 Å². The number of hydrogen-bond acceptors (Lipinski definition) is 4. The summed E-state index contributed by atoms with van der Waals surface area (Å²) in [7, 11) is 1.67. The number of rotatable bonds is 2. The van der Waals surface area contributed by atoms with Gasteiger partial charge in [0.05, 0.1) is 10.9 Å². The molecule has 15 heavy (non-hydrogen) atoms. The molecule has 0 unspecified atom stereocenters. The third kappa shape index (κ3) is 1.59. The Labute approximate surface area is 85.2 Å². The van der Waals surface area contributed by atoms with Gasteiger partial charge in [-0.25, -0.2) is 4.98 Å². The van der Waals surface area contributed by atoms with Crippen LogP contribution in [0, 0.1) is 0 Å². The lowest BCUT2D eigenvalue weighted by Crippen LogP contribution is -2.11. The van der Waals surface area contributed by atoms with E-state index in [1.807, 2.05) is 0 Å². The third-order valence-electron chi connectivity index (χ3n) is 2.10. The Hall–Kier alpha value is -2.17. The number of benzene rings is 1. The van der Waals surface area contributed by atoms with E-state index in [9.17, 15) is 9.59 Å². The van der Waals surface area contributed by atoms with Gasteiger partial charge in [-0.15, -0.1) is 0 Å². The molecule has 5 heteroatoms. The molecule has 2 N–H and O–H groups in total. The molecule has 0 atom stereocenters. The summed E-state index contributed by atoms with van der Waals surface area (Å²) >= 11 is 0. The lowest BCUT2D eigenvalue weighted by atomic mass is 10.2. The number of anilines is 1. The van der Waals surface area contributed by atoms with Gasteiger partial charge in [-0.3, -0.25) is 14.6 Å². The standard InChI is InChI=1S/C10H9N3O2/c1-11-10-12-8-3-2-6(5-14)4-7(8)9(15)13-10/h2-5H,1H3,(H2,11,12,13,15). The first kappa shape index (κ1) is 9.39. The Morgan fingerprint density at radius 1 is 1.47 bits per heavy atom. The summed E-state index contributed by atoms with van der Waals surface area (Å²) in [6.07, 6.45) is 0.699. The van der Waals surface area contributed by atoms with Gasteiger partial charge in [0.1, 0.15) is 6.29 Å². The van der Waals surface area contributed by atoms with Gasteiger partial charge in [0.15, 0.2) is 0 Å². The number of nitrogens with one attached hydrogen (secondary N) is 2. The maximum atomic E-state index is 11.6. The van der Waals surface area contributed by atoms with E-state index in [-0.39, 0.29) is 5.56 Å². The number of aromatic nitrogens is 2. The van der Waals surface area contributed by atoms with Crippen LogP contribution in [0.1, 0.15) is 10.4 Å². The average molecular weight is 203 g/mol. The first-order valence-corrected chi connectivity index (χ1v) is 4.41. The van der Waals surface area contributed by atoms with Crippen LogP contribution in [0.25, 0.3) is 10.9 Å². The highest BCUT2D eigenvalue weighted by Gasteiger charge is 2.03. The van der Waals surface area contributed by atoms with Crippen LogP contribution in [0.5, 0.6) is 0 Å². The van der Waals surface area contributed by atoms with Crippen molar-refractivity contribution in [3.63, 3.8) is 0 Å². The average Bonchev–Trinajstić information content (AvgIpc) is 2.28. The number of aromatic amines is 1. The van der Waals surface area contributed by atoms with Gasteiger partial charge in [0.2, 0.25) is 5.95 Å². The van der Waals surface area contributed by atoms with E-state index in [1.165, 1.54) is 6.07 Å². The highest BCUT2D eigenvalue weighted by molar-refractivity contribution is 5.86. The molecule has 0 amide bonds. The van der Waals surface area contributed by atoms with E-state index in [2.05, 4.69) is 15.3 Å². The summed E-state index contributed by atoms with van der Waals surface area (Å²) in [6, 6.07) is 4.80. The molecule has 1 heterocycles. The fourth-order valence-corrected chi connectivity index (χ4v) is 1.35. The number of hydrogen-bond donors (Lipinski definition) is 2. The lowest BCUT2D eigenvalue weighted by molar-refractivity contribution is 0.112.